The second-order valence-corrected chi connectivity index (χ2v) is 5.68. The van der Waals surface area contributed by atoms with Crippen molar-refractivity contribution in [2.24, 2.45) is 5.92 Å². The molecule has 0 aliphatic heterocycles. The highest BCUT2D eigenvalue weighted by atomic mass is 16.5. The average Bonchev–Trinajstić information content (AvgIpc) is 2.27. The number of carbonyl (C=O) groups is 2. The van der Waals surface area contributed by atoms with Gasteiger partial charge in [0.25, 0.3) is 0 Å². The van der Waals surface area contributed by atoms with Crippen LogP contribution in [0, 0.1) is 5.92 Å². The molecule has 6 nitrogen and oxygen atoms in total. The van der Waals surface area contributed by atoms with Crippen molar-refractivity contribution < 1.29 is 24.2 Å². The van der Waals surface area contributed by atoms with Crippen LogP contribution < -0.4 is 5.32 Å². The number of carboxylic acids is 1. The van der Waals surface area contributed by atoms with Crippen LogP contribution in [0.3, 0.4) is 0 Å². The molecule has 2 unspecified atom stereocenters. The number of hydrogen-bond acceptors (Lipinski definition) is 4. The van der Waals surface area contributed by atoms with Crippen molar-refractivity contribution in [3.63, 3.8) is 0 Å². The second-order valence-electron chi connectivity index (χ2n) is 5.68. The zero-order valence-corrected chi connectivity index (χ0v) is 13.1. The van der Waals surface area contributed by atoms with E-state index in [-0.39, 0.29) is 31.6 Å². The summed E-state index contributed by atoms with van der Waals surface area (Å²) in [5.74, 6) is -0.943. The van der Waals surface area contributed by atoms with Crippen LogP contribution in [0.4, 0.5) is 0 Å². The predicted molar refractivity (Wildman–Crippen MR) is 75.5 cm³/mol. The van der Waals surface area contributed by atoms with Gasteiger partial charge in [-0.3, -0.25) is 4.79 Å². The molecule has 0 aromatic heterocycles. The standard InChI is InChI=1S/C14H27NO5/c1-10(2)8-11(3)20-7-6-12(16)15-14(4,9-19-5)13(17)18/h10-11H,6-9H2,1-5H3,(H,15,16)(H,17,18). The fraction of sp³-hybridized carbons (Fsp3) is 0.857. The van der Waals surface area contributed by atoms with Gasteiger partial charge in [0, 0.05) is 7.11 Å². The molecule has 0 radical (unpaired) electrons. The molecule has 6 heteroatoms. The maximum Gasteiger partial charge on any atom is 0.331 e. The summed E-state index contributed by atoms with van der Waals surface area (Å²) in [4.78, 5) is 22.9. The van der Waals surface area contributed by atoms with Gasteiger partial charge in [-0.2, -0.15) is 0 Å². The molecule has 0 heterocycles. The van der Waals surface area contributed by atoms with Gasteiger partial charge in [-0.25, -0.2) is 4.79 Å². The summed E-state index contributed by atoms with van der Waals surface area (Å²) >= 11 is 0. The fourth-order valence-corrected chi connectivity index (χ4v) is 1.89. The summed E-state index contributed by atoms with van der Waals surface area (Å²) in [5.41, 5.74) is -1.41. The Morgan fingerprint density at radius 1 is 1.30 bits per heavy atom. The number of aliphatic carboxylic acids is 1. The molecule has 0 aliphatic rings. The van der Waals surface area contributed by atoms with Gasteiger partial charge in [-0.15, -0.1) is 0 Å². The highest BCUT2D eigenvalue weighted by Gasteiger charge is 2.34. The van der Waals surface area contributed by atoms with Crippen LogP contribution in [-0.2, 0) is 19.1 Å². The largest absolute Gasteiger partial charge is 0.479 e. The number of rotatable bonds is 10. The number of nitrogens with one attached hydrogen (secondary N) is 1. The van der Waals surface area contributed by atoms with Gasteiger partial charge in [-0.1, -0.05) is 13.8 Å². The van der Waals surface area contributed by atoms with Gasteiger partial charge in [-0.05, 0) is 26.2 Å². The fourth-order valence-electron chi connectivity index (χ4n) is 1.89. The van der Waals surface area contributed by atoms with Crippen LogP contribution in [0.5, 0.6) is 0 Å². The van der Waals surface area contributed by atoms with Gasteiger partial charge in [0.2, 0.25) is 5.91 Å². The van der Waals surface area contributed by atoms with E-state index in [0.717, 1.165) is 6.42 Å². The van der Waals surface area contributed by atoms with Crippen LogP contribution >= 0.6 is 0 Å². The first-order chi connectivity index (χ1) is 9.21. The number of carboxylic acid groups (broad SMARTS) is 1. The van der Waals surface area contributed by atoms with E-state index >= 15 is 0 Å². The number of hydrogen-bond donors (Lipinski definition) is 2. The Balaban J connectivity index is 4.12. The smallest absolute Gasteiger partial charge is 0.331 e. The van der Waals surface area contributed by atoms with Crippen LogP contribution in [-0.4, -0.2) is 48.9 Å². The van der Waals surface area contributed by atoms with Crippen molar-refractivity contribution in [2.45, 2.75) is 52.2 Å². The monoisotopic (exact) mass is 289 g/mol. The van der Waals surface area contributed by atoms with Gasteiger partial charge < -0.3 is 19.9 Å². The average molecular weight is 289 g/mol. The van der Waals surface area contributed by atoms with E-state index in [0.29, 0.717) is 5.92 Å². The Morgan fingerprint density at radius 3 is 2.35 bits per heavy atom. The Labute approximate surface area is 120 Å². The zero-order valence-electron chi connectivity index (χ0n) is 13.1. The summed E-state index contributed by atoms with van der Waals surface area (Å²) in [6.45, 7) is 7.79. The molecule has 2 N–H and O–H groups in total. The molecule has 0 aromatic carbocycles. The lowest BCUT2D eigenvalue weighted by atomic mass is 10.0. The minimum absolute atomic E-state index is 0.0846. The molecular weight excluding hydrogens is 262 g/mol. The molecule has 0 aromatic rings. The molecule has 2 atom stereocenters. The molecular formula is C14H27NO5. The summed E-state index contributed by atoms with van der Waals surface area (Å²) in [5, 5.41) is 11.6. The lowest BCUT2D eigenvalue weighted by molar-refractivity contribution is -0.149. The summed E-state index contributed by atoms with van der Waals surface area (Å²) in [7, 11) is 1.39. The molecule has 0 bridgehead atoms. The van der Waals surface area contributed by atoms with Gasteiger partial charge >= 0.3 is 5.97 Å². The molecule has 118 valence electrons. The Kier molecular flexibility index (Phi) is 8.41. The number of amides is 1. The summed E-state index contributed by atoms with van der Waals surface area (Å²) in [6.07, 6.45) is 1.15. The molecule has 0 fully saturated rings. The molecule has 0 spiro atoms. The maximum absolute atomic E-state index is 11.7. The third-order valence-electron chi connectivity index (χ3n) is 2.86. The molecule has 0 saturated carbocycles. The lowest BCUT2D eigenvalue weighted by Crippen LogP contribution is -2.55. The van der Waals surface area contributed by atoms with Crippen LogP contribution in [0.15, 0.2) is 0 Å². The topological polar surface area (TPSA) is 84.9 Å². The van der Waals surface area contributed by atoms with E-state index < -0.39 is 11.5 Å². The summed E-state index contributed by atoms with van der Waals surface area (Å²) in [6, 6.07) is 0. The van der Waals surface area contributed by atoms with Crippen molar-refractivity contribution in [3.05, 3.63) is 0 Å². The van der Waals surface area contributed by atoms with Crippen molar-refractivity contribution in [1.82, 2.24) is 5.32 Å². The third-order valence-corrected chi connectivity index (χ3v) is 2.86. The minimum Gasteiger partial charge on any atom is -0.479 e. The highest BCUT2D eigenvalue weighted by molar-refractivity contribution is 5.86. The van der Waals surface area contributed by atoms with Gasteiger partial charge in [0.1, 0.15) is 0 Å². The molecule has 0 aliphatic carbocycles. The lowest BCUT2D eigenvalue weighted by Gasteiger charge is -2.25. The van der Waals surface area contributed by atoms with Gasteiger partial charge in [0.05, 0.1) is 25.7 Å². The zero-order chi connectivity index (χ0) is 15.8. The van der Waals surface area contributed by atoms with Crippen LogP contribution in [0.1, 0.15) is 40.5 Å². The molecule has 20 heavy (non-hydrogen) atoms. The Hall–Kier alpha value is -1.14. The third kappa shape index (κ3) is 7.45. The van der Waals surface area contributed by atoms with E-state index in [9.17, 15) is 9.59 Å². The van der Waals surface area contributed by atoms with E-state index in [1.807, 2.05) is 6.92 Å². The first-order valence-electron chi connectivity index (χ1n) is 6.86. The van der Waals surface area contributed by atoms with Crippen molar-refractivity contribution in [1.29, 1.82) is 0 Å². The first-order valence-corrected chi connectivity index (χ1v) is 6.86. The highest BCUT2D eigenvalue weighted by Crippen LogP contribution is 2.08. The SMILES string of the molecule is COCC(C)(NC(=O)CCOC(C)CC(C)C)C(=O)O. The van der Waals surface area contributed by atoms with Crippen LogP contribution in [0.25, 0.3) is 0 Å². The molecule has 1 amide bonds. The van der Waals surface area contributed by atoms with E-state index in [1.54, 1.807) is 0 Å². The quantitative estimate of drug-likeness (QED) is 0.635. The van der Waals surface area contributed by atoms with Crippen molar-refractivity contribution in [3.8, 4) is 0 Å². The molecule has 0 saturated heterocycles. The summed E-state index contributed by atoms with van der Waals surface area (Å²) < 4.78 is 10.3. The van der Waals surface area contributed by atoms with Crippen molar-refractivity contribution >= 4 is 11.9 Å². The van der Waals surface area contributed by atoms with E-state index in [4.69, 9.17) is 14.6 Å². The van der Waals surface area contributed by atoms with Crippen LogP contribution in [0.2, 0.25) is 0 Å². The van der Waals surface area contributed by atoms with Gasteiger partial charge in [0.15, 0.2) is 5.54 Å². The number of carbonyl (C=O) groups excluding carboxylic acids is 1. The van der Waals surface area contributed by atoms with E-state index in [2.05, 4.69) is 19.2 Å². The minimum atomic E-state index is -1.41. The Bertz CT molecular complexity index is 319. The maximum atomic E-state index is 11.7. The normalized spacial score (nSPS) is 15.7. The second kappa shape index (κ2) is 8.92. The van der Waals surface area contributed by atoms with Crippen molar-refractivity contribution in [2.75, 3.05) is 20.3 Å². The van der Waals surface area contributed by atoms with E-state index in [1.165, 1.54) is 14.0 Å². The Morgan fingerprint density at radius 2 is 1.90 bits per heavy atom. The number of ether oxygens (including phenoxy) is 2. The molecule has 0 rings (SSSR count). The predicted octanol–water partition coefficient (Wildman–Crippen LogP) is 1.43. The first kappa shape index (κ1) is 18.9. The number of methoxy groups -OCH3 is 1.